The van der Waals surface area contributed by atoms with Crippen molar-refractivity contribution in [3.8, 4) is 5.75 Å². The first-order chi connectivity index (χ1) is 10.3. The van der Waals surface area contributed by atoms with Crippen LogP contribution >= 0.6 is 0 Å². The molecule has 1 aromatic carbocycles. The summed E-state index contributed by atoms with van der Waals surface area (Å²) in [6.07, 6.45) is 5.93. The van der Waals surface area contributed by atoms with Crippen LogP contribution in [0.15, 0.2) is 24.3 Å². The zero-order chi connectivity index (χ0) is 14.9. The number of nitrogens with two attached hydrogens (primary N) is 1. The fourth-order valence-corrected chi connectivity index (χ4v) is 2.73. The van der Waals surface area contributed by atoms with Crippen molar-refractivity contribution in [2.45, 2.75) is 44.8 Å². The maximum Gasteiger partial charge on any atom is 0.119 e. The fraction of sp³-hybridized carbons (Fsp3) is 0.647. The highest BCUT2D eigenvalue weighted by atomic mass is 16.5. The normalized spacial score (nSPS) is 17.6. The maximum atomic E-state index is 9.89. The molecule has 0 aliphatic heterocycles. The SMILES string of the molecule is NCc1cccc(OCC(O)COCC2CCCCC2)c1. The number of rotatable bonds is 8. The second-order valence-electron chi connectivity index (χ2n) is 5.86. The Labute approximate surface area is 127 Å². The first-order valence-electron chi connectivity index (χ1n) is 7.95. The zero-order valence-corrected chi connectivity index (χ0v) is 12.7. The third-order valence-electron chi connectivity index (χ3n) is 3.97. The average molecular weight is 293 g/mol. The van der Waals surface area contributed by atoms with Crippen molar-refractivity contribution in [3.05, 3.63) is 29.8 Å². The van der Waals surface area contributed by atoms with E-state index in [2.05, 4.69) is 0 Å². The smallest absolute Gasteiger partial charge is 0.119 e. The lowest BCUT2D eigenvalue weighted by atomic mass is 9.90. The lowest BCUT2D eigenvalue weighted by molar-refractivity contribution is -0.00358. The molecule has 1 saturated carbocycles. The summed E-state index contributed by atoms with van der Waals surface area (Å²) >= 11 is 0. The molecule has 1 atom stereocenters. The van der Waals surface area contributed by atoms with Gasteiger partial charge in [0.2, 0.25) is 0 Å². The fourth-order valence-electron chi connectivity index (χ4n) is 2.73. The molecule has 0 aromatic heterocycles. The molecule has 0 spiro atoms. The Hall–Kier alpha value is -1.10. The molecule has 4 nitrogen and oxygen atoms in total. The van der Waals surface area contributed by atoms with Gasteiger partial charge in [0.05, 0.1) is 6.61 Å². The van der Waals surface area contributed by atoms with Crippen molar-refractivity contribution in [2.75, 3.05) is 19.8 Å². The van der Waals surface area contributed by atoms with Gasteiger partial charge in [-0.3, -0.25) is 0 Å². The molecule has 21 heavy (non-hydrogen) atoms. The highest BCUT2D eigenvalue weighted by Crippen LogP contribution is 2.23. The molecular formula is C17H27NO3. The first-order valence-corrected chi connectivity index (χ1v) is 7.95. The van der Waals surface area contributed by atoms with Gasteiger partial charge in [0, 0.05) is 13.2 Å². The van der Waals surface area contributed by atoms with Crippen LogP contribution in [0, 0.1) is 5.92 Å². The van der Waals surface area contributed by atoms with Crippen LogP contribution in [-0.4, -0.2) is 31.0 Å². The van der Waals surface area contributed by atoms with E-state index in [1.165, 1.54) is 32.1 Å². The number of hydrogen-bond donors (Lipinski definition) is 2. The molecular weight excluding hydrogens is 266 g/mol. The van der Waals surface area contributed by atoms with Gasteiger partial charge in [-0.1, -0.05) is 31.4 Å². The second kappa shape index (κ2) is 9.03. The number of benzene rings is 1. The van der Waals surface area contributed by atoms with Crippen molar-refractivity contribution in [1.82, 2.24) is 0 Å². The molecule has 1 aliphatic carbocycles. The van der Waals surface area contributed by atoms with Crippen LogP contribution < -0.4 is 10.5 Å². The van der Waals surface area contributed by atoms with Gasteiger partial charge in [-0.15, -0.1) is 0 Å². The summed E-state index contributed by atoms with van der Waals surface area (Å²) in [5.41, 5.74) is 6.61. The minimum Gasteiger partial charge on any atom is -0.491 e. The van der Waals surface area contributed by atoms with Gasteiger partial charge in [0.15, 0.2) is 0 Å². The van der Waals surface area contributed by atoms with E-state index < -0.39 is 6.10 Å². The van der Waals surface area contributed by atoms with E-state index in [-0.39, 0.29) is 6.61 Å². The molecule has 0 amide bonds. The largest absolute Gasteiger partial charge is 0.491 e. The van der Waals surface area contributed by atoms with E-state index >= 15 is 0 Å². The van der Waals surface area contributed by atoms with Crippen LogP contribution in [0.1, 0.15) is 37.7 Å². The van der Waals surface area contributed by atoms with Crippen LogP contribution in [-0.2, 0) is 11.3 Å². The summed E-state index contributed by atoms with van der Waals surface area (Å²) in [7, 11) is 0. The van der Waals surface area contributed by atoms with Gasteiger partial charge >= 0.3 is 0 Å². The Morgan fingerprint density at radius 2 is 2.00 bits per heavy atom. The Morgan fingerprint density at radius 1 is 1.19 bits per heavy atom. The summed E-state index contributed by atoms with van der Waals surface area (Å²) in [5, 5.41) is 9.89. The molecule has 1 aromatic rings. The maximum absolute atomic E-state index is 9.89. The highest BCUT2D eigenvalue weighted by Gasteiger charge is 2.14. The predicted molar refractivity (Wildman–Crippen MR) is 83.2 cm³/mol. The minimum absolute atomic E-state index is 0.249. The van der Waals surface area contributed by atoms with Gasteiger partial charge in [-0.05, 0) is 36.5 Å². The van der Waals surface area contributed by atoms with Gasteiger partial charge in [0.1, 0.15) is 18.5 Å². The number of ether oxygens (including phenoxy) is 2. The minimum atomic E-state index is -0.588. The summed E-state index contributed by atoms with van der Waals surface area (Å²) in [4.78, 5) is 0. The van der Waals surface area contributed by atoms with E-state index in [1.807, 2.05) is 24.3 Å². The summed E-state index contributed by atoms with van der Waals surface area (Å²) < 4.78 is 11.2. The van der Waals surface area contributed by atoms with Crippen molar-refractivity contribution < 1.29 is 14.6 Å². The van der Waals surface area contributed by atoms with E-state index in [1.54, 1.807) is 0 Å². The zero-order valence-electron chi connectivity index (χ0n) is 12.7. The second-order valence-corrected chi connectivity index (χ2v) is 5.86. The molecule has 0 bridgehead atoms. The van der Waals surface area contributed by atoms with E-state index in [0.717, 1.165) is 17.9 Å². The topological polar surface area (TPSA) is 64.7 Å². The summed E-state index contributed by atoms with van der Waals surface area (Å²) in [6.45, 7) is 1.84. The lowest BCUT2D eigenvalue weighted by Gasteiger charge is -2.22. The van der Waals surface area contributed by atoms with Crippen LogP contribution in [0.5, 0.6) is 5.75 Å². The monoisotopic (exact) mass is 293 g/mol. The van der Waals surface area contributed by atoms with Crippen LogP contribution in [0.4, 0.5) is 0 Å². The van der Waals surface area contributed by atoms with Gasteiger partial charge in [-0.2, -0.15) is 0 Å². The van der Waals surface area contributed by atoms with Crippen molar-refractivity contribution in [2.24, 2.45) is 11.7 Å². The van der Waals surface area contributed by atoms with Gasteiger partial charge in [-0.25, -0.2) is 0 Å². The molecule has 3 N–H and O–H groups in total. The molecule has 1 aliphatic rings. The lowest BCUT2D eigenvalue weighted by Crippen LogP contribution is -2.25. The molecule has 118 valence electrons. The van der Waals surface area contributed by atoms with Crippen LogP contribution in [0.25, 0.3) is 0 Å². The number of hydrogen-bond acceptors (Lipinski definition) is 4. The van der Waals surface area contributed by atoms with E-state index in [0.29, 0.717) is 19.1 Å². The number of aliphatic hydroxyl groups is 1. The molecule has 1 fully saturated rings. The van der Waals surface area contributed by atoms with Crippen molar-refractivity contribution >= 4 is 0 Å². The molecule has 2 rings (SSSR count). The number of aliphatic hydroxyl groups excluding tert-OH is 1. The Kier molecular flexibility index (Phi) is 7.00. The molecule has 0 radical (unpaired) electrons. The predicted octanol–water partition coefficient (Wildman–Crippen LogP) is 2.48. The molecule has 0 heterocycles. The summed E-state index contributed by atoms with van der Waals surface area (Å²) in [5.74, 6) is 1.41. The third kappa shape index (κ3) is 6.04. The quantitative estimate of drug-likeness (QED) is 0.773. The van der Waals surface area contributed by atoms with Gasteiger partial charge in [0.25, 0.3) is 0 Å². The highest BCUT2D eigenvalue weighted by molar-refractivity contribution is 5.28. The third-order valence-corrected chi connectivity index (χ3v) is 3.97. The standard InChI is InChI=1S/C17H27NO3/c18-10-15-7-4-8-17(9-15)21-13-16(19)12-20-11-14-5-2-1-3-6-14/h4,7-9,14,16,19H,1-3,5-6,10-13,18H2. The van der Waals surface area contributed by atoms with Crippen molar-refractivity contribution in [1.29, 1.82) is 0 Å². The van der Waals surface area contributed by atoms with Gasteiger partial charge < -0.3 is 20.3 Å². The Balaban J connectivity index is 1.61. The Bertz CT molecular complexity index is 405. The Morgan fingerprint density at radius 3 is 2.76 bits per heavy atom. The first kappa shape index (κ1) is 16.3. The van der Waals surface area contributed by atoms with Crippen LogP contribution in [0.3, 0.4) is 0 Å². The van der Waals surface area contributed by atoms with Crippen molar-refractivity contribution in [3.63, 3.8) is 0 Å². The molecule has 4 heteroatoms. The molecule has 0 saturated heterocycles. The molecule has 1 unspecified atom stereocenters. The van der Waals surface area contributed by atoms with Crippen LogP contribution in [0.2, 0.25) is 0 Å². The van der Waals surface area contributed by atoms with E-state index in [4.69, 9.17) is 15.2 Å². The summed E-state index contributed by atoms with van der Waals surface area (Å²) in [6, 6.07) is 7.63. The van der Waals surface area contributed by atoms with E-state index in [9.17, 15) is 5.11 Å². The average Bonchev–Trinajstić information content (AvgIpc) is 2.54.